The number of hydrogen-bond donors (Lipinski definition) is 0. The molecule has 1 aromatic heterocycles. The van der Waals surface area contributed by atoms with E-state index in [2.05, 4.69) is 4.98 Å². The van der Waals surface area contributed by atoms with Gasteiger partial charge in [-0.2, -0.15) is 0 Å². The van der Waals surface area contributed by atoms with Gasteiger partial charge >= 0.3 is 0 Å². The number of Topliss-reactive ketones (excluding diaryl/α,β-unsaturated/α-hetero) is 1. The fraction of sp³-hybridized carbons (Fsp3) is 0.143. The minimum Gasteiger partial charge on any atom is -0.481 e. The SMILES string of the molecule is COc1cc(-c2ccc(C(C)=O)c(Cl)c2)ccn1. The average Bonchev–Trinajstić information content (AvgIpc) is 2.38. The molecule has 0 amide bonds. The Labute approximate surface area is 110 Å². The van der Waals surface area contributed by atoms with Crippen molar-refractivity contribution < 1.29 is 9.53 Å². The topological polar surface area (TPSA) is 39.2 Å². The van der Waals surface area contributed by atoms with Gasteiger partial charge in [0.1, 0.15) is 0 Å². The summed E-state index contributed by atoms with van der Waals surface area (Å²) in [5.74, 6) is 0.498. The summed E-state index contributed by atoms with van der Waals surface area (Å²) in [5.41, 5.74) is 2.39. The molecule has 18 heavy (non-hydrogen) atoms. The van der Waals surface area contributed by atoms with E-state index in [1.807, 2.05) is 18.2 Å². The lowest BCUT2D eigenvalue weighted by Gasteiger charge is -2.06. The fourth-order valence-electron chi connectivity index (χ4n) is 1.68. The monoisotopic (exact) mass is 261 g/mol. The lowest BCUT2D eigenvalue weighted by atomic mass is 10.0. The van der Waals surface area contributed by atoms with Crippen LogP contribution in [0.15, 0.2) is 36.5 Å². The number of benzene rings is 1. The Bertz CT molecular complexity index is 596. The maximum absolute atomic E-state index is 11.3. The molecule has 0 N–H and O–H groups in total. The first-order valence-corrected chi connectivity index (χ1v) is 5.80. The third-order valence-electron chi connectivity index (χ3n) is 2.63. The molecule has 1 heterocycles. The summed E-state index contributed by atoms with van der Waals surface area (Å²) in [4.78, 5) is 15.3. The molecule has 0 unspecified atom stereocenters. The first kappa shape index (κ1) is 12.6. The quantitative estimate of drug-likeness (QED) is 0.793. The maximum Gasteiger partial charge on any atom is 0.213 e. The zero-order valence-corrected chi connectivity index (χ0v) is 10.9. The van der Waals surface area contributed by atoms with E-state index in [0.717, 1.165) is 11.1 Å². The first-order valence-electron chi connectivity index (χ1n) is 5.42. The van der Waals surface area contributed by atoms with E-state index in [-0.39, 0.29) is 5.78 Å². The molecule has 0 aliphatic rings. The second kappa shape index (κ2) is 5.19. The van der Waals surface area contributed by atoms with Crippen LogP contribution in [0.5, 0.6) is 5.88 Å². The fourth-order valence-corrected chi connectivity index (χ4v) is 1.99. The highest BCUT2D eigenvalue weighted by molar-refractivity contribution is 6.34. The lowest BCUT2D eigenvalue weighted by Crippen LogP contribution is -1.93. The van der Waals surface area contributed by atoms with Crippen LogP contribution in [-0.2, 0) is 0 Å². The van der Waals surface area contributed by atoms with Crippen molar-refractivity contribution in [3.63, 3.8) is 0 Å². The molecular weight excluding hydrogens is 250 g/mol. The summed E-state index contributed by atoms with van der Waals surface area (Å²) < 4.78 is 5.07. The number of methoxy groups -OCH3 is 1. The van der Waals surface area contributed by atoms with Crippen LogP contribution < -0.4 is 4.74 Å². The Morgan fingerprint density at radius 3 is 2.56 bits per heavy atom. The number of pyridine rings is 1. The highest BCUT2D eigenvalue weighted by Gasteiger charge is 2.08. The second-order valence-electron chi connectivity index (χ2n) is 3.84. The van der Waals surface area contributed by atoms with E-state index >= 15 is 0 Å². The molecule has 0 saturated heterocycles. The van der Waals surface area contributed by atoms with Crippen LogP contribution >= 0.6 is 11.6 Å². The molecule has 0 saturated carbocycles. The Hall–Kier alpha value is -1.87. The van der Waals surface area contributed by atoms with Crippen LogP contribution in [0.2, 0.25) is 5.02 Å². The van der Waals surface area contributed by atoms with Gasteiger partial charge in [-0.25, -0.2) is 4.98 Å². The van der Waals surface area contributed by atoms with Crippen molar-refractivity contribution in [3.8, 4) is 17.0 Å². The number of ketones is 1. The van der Waals surface area contributed by atoms with E-state index in [0.29, 0.717) is 16.5 Å². The molecule has 0 bridgehead atoms. The summed E-state index contributed by atoms with van der Waals surface area (Å²) in [7, 11) is 1.57. The molecule has 0 aliphatic carbocycles. The highest BCUT2D eigenvalue weighted by atomic mass is 35.5. The number of aromatic nitrogens is 1. The van der Waals surface area contributed by atoms with Crippen molar-refractivity contribution in [2.24, 2.45) is 0 Å². The zero-order chi connectivity index (χ0) is 13.1. The summed E-state index contributed by atoms with van der Waals surface area (Å²) in [6.07, 6.45) is 1.67. The van der Waals surface area contributed by atoms with Crippen LogP contribution in [0.1, 0.15) is 17.3 Å². The summed E-state index contributed by atoms with van der Waals surface area (Å²) in [6, 6.07) is 9.04. The Kier molecular flexibility index (Phi) is 3.63. The van der Waals surface area contributed by atoms with Crippen LogP contribution in [0.4, 0.5) is 0 Å². The van der Waals surface area contributed by atoms with Gasteiger partial charge in [0.25, 0.3) is 0 Å². The number of carbonyl (C=O) groups is 1. The van der Waals surface area contributed by atoms with Crippen molar-refractivity contribution in [2.45, 2.75) is 6.92 Å². The van der Waals surface area contributed by atoms with Gasteiger partial charge in [0, 0.05) is 17.8 Å². The number of hydrogen-bond acceptors (Lipinski definition) is 3. The molecule has 4 heteroatoms. The summed E-state index contributed by atoms with van der Waals surface area (Å²) in [5, 5.41) is 0.454. The van der Waals surface area contributed by atoms with Gasteiger partial charge < -0.3 is 4.74 Å². The molecule has 0 fully saturated rings. The van der Waals surface area contributed by atoms with Gasteiger partial charge in [-0.1, -0.05) is 17.7 Å². The van der Waals surface area contributed by atoms with E-state index < -0.39 is 0 Å². The van der Waals surface area contributed by atoms with Crippen LogP contribution in [0.3, 0.4) is 0 Å². The van der Waals surface area contributed by atoms with E-state index in [9.17, 15) is 4.79 Å². The van der Waals surface area contributed by atoms with Crippen molar-refractivity contribution in [1.82, 2.24) is 4.98 Å². The van der Waals surface area contributed by atoms with Gasteiger partial charge in [-0.3, -0.25) is 4.79 Å². The van der Waals surface area contributed by atoms with Crippen molar-refractivity contribution in [1.29, 1.82) is 0 Å². The molecule has 0 radical (unpaired) electrons. The van der Waals surface area contributed by atoms with Gasteiger partial charge in [0.15, 0.2) is 5.78 Å². The largest absolute Gasteiger partial charge is 0.481 e. The predicted molar refractivity (Wildman–Crippen MR) is 71.2 cm³/mol. The van der Waals surface area contributed by atoms with Crippen LogP contribution in [0, 0.1) is 0 Å². The second-order valence-corrected chi connectivity index (χ2v) is 4.24. The zero-order valence-electron chi connectivity index (χ0n) is 10.1. The normalized spacial score (nSPS) is 10.2. The number of carbonyl (C=O) groups excluding carboxylic acids is 1. The first-order chi connectivity index (χ1) is 8.61. The summed E-state index contributed by atoms with van der Waals surface area (Å²) >= 11 is 6.08. The third-order valence-corrected chi connectivity index (χ3v) is 2.94. The lowest BCUT2D eigenvalue weighted by molar-refractivity contribution is 0.101. The molecular formula is C14H12ClNO2. The number of ether oxygens (including phenoxy) is 1. The highest BCUT2D eigenvalue weighted by Crippen LogP contribution is 2.27. The number of nitrogens with zero attached hydrogens (tertiary/aromatic N) is 1. The molecule has 1 aromatic carbocycles. The van der Waals surface area contributed by atoms with Gasteiger partial charge in [-0.05, 0) is 36.2 Å². The van der Waals surface area contributed by atoms with Crippen LogP contribution in [0.25, 0.3) is 11.1 Å². The average molecular weight is 262 g/mol. The van der Waals surface area contributed by atoms with Crippen molar-refractivity contribution in [3.05, 3.63) is 47.1 Å². The van der Waals surface area contributed by atoms with E-state index in [1.165, 1.54) is 6.92 Å². The molecule has 92 valence electrons. The minimum absolute atomic E-state index is 0.0427. The number of halogens is 1. The molecule has 0 aliphatic heterocycles. The predicted octanol–water partition coefficient (Wildman–Crippen LogP) is 3.61. The van der Waals surface area contributed by atoms with Gasteiger partial charge in [0.05, 0.1) is 12.1 Å². The molecule has 2 aromatic rings. The molecule has 3 nitrogen and oxygen atoms in total. The third kappa shape index (κ3) is 2.51. The van der Waals surface area contributed by atoms with Gasteiger partial charge in [0.2, 0.25) is 5.88 Å². The van der Waals surface area contributed by atoms with Crippen molar-refractivity contribution >= 4 is 17.4 Å². The van der Waals surface area contributed by atoms with Crippen molar-refractivity contribution in [2.75, 3.05) is 7.11 Å². The maximum atomic E-state index is 11.3. The number of rotatable bonds is 3. The van der Waals surface area contributed by atoms with E-state index in [4.69, 9.17) is 16.3 Å². The van der Waals surface area contributed by atoms with Gasteiger partial charge in [-0.15, -0.1) is 0 Å². The molecule has 0 atom stereocenters. The molecule has 0 spiro atoms. The molecule has 2 rings (SSSR count). The van der Waals surface area contributed by atoms with Crippen LogP contribution in [-0.4, -0.2) is 17.9 Å². The standard InChI is InChI=1S/C14H12ClNO2/c1-9(17)12-4-3-10(7-13(12)15)11-5-6-16-14(8-11)18-2/h3-8H,1-2H3. The van der Waals surface area contributed by atoms with E-state index in [1.54, 1.807) is 25.4 Å². The summed E-state index contributed by atoms with van der Waals surface area (Å²) in [6.45, 7) is 1.50. The Balaban J connectivity index is 2.45. The Morgan fingerprint density at radius 1 is 1.22 bits per heavy atom. The minimum atomic E-state index is -0.0427. The smallest absolute Gasteiger partial charge is 0.213 e. The Morgan fingerprint density at radius 2 is 1.94 bits per heavy atom.